The van der Waals surface area contributed by atoms with Crippen molar-refractivity contribution in [2.75, 3.05) is 0 Å². The van der Waals surface area contributed by atoms with Gasteiger partial charge in [-0.2, -0.15) is 5.10 Å². The van der Waals surface area contributed by atoms with E-state index in [2.05, 4.69) is 18.9 Å². The molecular formula is C12H20N2O. The average molecular weight is 208 g/mol. The molecule has 1 rings (SSSR count). The number of nitrogens with zero attached hydrogens (tertiary/aromatic N) is 2. The first-order chi connectivity index (χ1) is 7.19. The highest BCUT2D eigenvalue weighted by Crippen LogP contribution is 2.13. The van der Waals surface area contributed by atoms with Gasteiger partial charge in [-0.3, -0.25) is 9.48 Å². The Bertz CT molecular complexity index is 317. The minimum Gasteiger partial charge on any atom is -0.294 e. The maximum absolute atomic E-state index is 11.9. The third kappa shape index (κ3) is 3.18. The predicted molar refractivity (Wildman–Crippen MR) is 60.9 cm³/mol. The predicted octanol–water partition coefficient (Wildman–Crippen LogP) is 2.91. The van der Waals surface area contributed by atoms with Crippen LogP contribution in [0.15, 0.2) is 12.4 Å². The van der Waals surface area contributed by atoms with Crippen molar-refractivity contribution in [2.24, 2.45) is 5.92 Å². The van der Waals surface area contributed by atoms with E-state index in [0.717, 1.165) is 31.4 Å². The maximum Gasteiger partial charge on any atom is 0.168 e. The smallest absolute Gasteiger partial charge is 0.168 e. The summed E-state index contributed by atoms with van der Waals surface area (Å²) in [6.07, 6.45) is 6.59. The van der Waals surface area contributed by atoms with Crippen LogP contribution in [0.25, 0.3) is 0 Å². The molecule has 0 amide bonds. The van der Waals surface area contributed by atoms with E-state index in [1.165, 1.54) is 0 Å². The van der Waals surface area contributed by atoms with Crippen molar-refractivity contribution in [3.63, 3.8) is 0 Å². The van der Waals surface area contributed by atoms with Crippen molar-refractivity contribution in [1.82, 2.24) is 9.78 Å². The summed E-state index contributed by atoms with van der Waals surface area (Å²) in [7, 11) is 0. The molecule has 0 spiro atoms. The van der Waals surface area contributed by atoms with Gasteiger partial charge in [-0.05, 0) is 12.8 Å². The Morgan fingerprint density at radius 3 is 2.80 bits per heavy atom. The van der Waals surface area contributed by atoms with Gasteiger partial charge in [-0.15, -0.1) is 0 Å². The van der Waals surface area contributed by atoms with Gasteiger partial charge in [-0.25, -0.2) is 0 Å². The van der Waals surface area contributed by atoms with Crippen LogP contribution in [-0.4, -0.2) is 15.6 Å². The SMILES string of the molecule is CCCC(C)C(=O)c1cnn(CCC)c1. The molecule has 0 N–H and O–H groups in total. The van der Waals surface area contributed by atoms with Gasteiger partial charge in [0, 0.05) is 18.7 Å². The summed E-state index contributed by atoms with van der Waals surface area (Å²) in [6.45, 7) is 7.08. The summed E-state index contributed by atoms with van der Waals surface area (Å²) in [5.74, 6) is 0.341. The second-order valence-electron chi connectivity index (χ2n) is 4.05. The Morgan fingerprint density at radius 2 is 2.20 bits per heavy atom. The third-order valence-electron chi connectivity index (χ3n) is 2.54. The Kier molecular flexibility index (Phi) is 4.53. The molecule has 0 saturated carbocycles. The minimum atomic E-state index is 0.120. The lowest BCUT2D eigenvalue weighted by molar-refractivity contribution is 0.0923. The maximum atomic E-state index is 11.9. The van der Waals surface area contributed by atoms with Gasteiger partial charge in [0.15, 0.2) is 5.78 Å². The van der Waals surface area contributed by atoms with Crippen LogP contribution in [0.1, 0.15) is 50.4 Å². The molecule has 1 unspecified atom stereocenters. The normalized spacial score (nSPS) is 12.7. The Hall–Kier alpha value is -1.12. The number of carbonyl (C=O) groups excluding carboxylic acids is 1. The molecule has 0 fully saturated rings. The minimum absolute atomic E-state index is 0.120. The van der Waals surface area contributed by atoms with Crippen molar-refractivity contribution in [3.8, 4) is 0 Å². The number of aryl methyl sites for hydroxylation is 1. The van der Waals surface area contributed by atoms with Crippen molar-refractivity contribution >= 4 is 5.78 Å². The standard InChI is InChI=1S/C12H20N2O/c1-4-6-10(3)12(15)11-8-13-14(9-11)7-5-2/h8-10H,4-7H2,1-3H3. The number of Topliss-reactive ketones (excluding diaryl/α,β-unsaturated/α-hetero) is 1. The van der Waals surface area contributed by atoms with Gasteiger partial charge in [0.1, 0.15) is 0 Å². The molecule has 3 heteroatoms. The molecule has 0 bridgehead atoms. The number of carbonyl (C=O) groups is 1. The van der Waals surface area contributed by atoms with E-state index in [4.69, 9.17) is 0 Å². The molecule has 1 atom stereocenters. The van der Waals surface area contributed by atoms with Crippen LogP contribution in [0.4, 0.5) is 0 Å². The fraction of sp³-hybridized carbons (Fsp3) is 0.667. The lowest BCUT2D eigenvalue weighted by atomic mass is 9.97. The fourth-order valence-corrected chi connectivity index (χ4v) is 1.69. The van der Waals surface area contributed by atoms with Gasteiger partial charge in [0.25, 0.3) is 0 Å². The highest BCUT2D eigenvalue weighted by atomic mass is 16.1. The first-order valence-electron chi connectivity index (χ1n) is 5.75. The summed E-state index contributed by atoms with van der Waals surface area (Å²) < 4.78 is 1.84. The zero-order chi connectivity index (χ0) is 11.3. The number of aromatic nitrogens is 2. The third-order valence-corrected chi connectivity index (χ3v) is 2.54. The molecule has 1 aromatic heterocycles. The van der Waals surface area contributed by atoms with Gasteiger partial charge in [0.05, 0.1) is 11.8 Å². The molecule has 3 nitrogen and oxygen atoms in total. The van der Waals surface area contributed by atoms with Gasteiger partial charge in [-0.1, -0.05) is 27.2 Å². The highest BCUT2D eigenvalue weighted by Gasteiger charge is 2.15. The summed E-state index contributed by atoms with van der Waals surface area (Å²) in [4.78, 5) is 11.9. The van der Waals surface area contributed by atoms with Crippen LogP contribution in [0.2, 0.25) is 0 Å². The monoisotopic (exact) mass is 208 g/mol. The molecule has 0 aliphatic heterocycles. The van der Waals surface area contributed by atoms with E-state index in [-0.39, 0.29) is 11.7 Å². The molecule has 0 aliphatic rings. The van der Waals surface area contributed by atoms with Gasteiger partial charge in [0.2, 0.25) is 0 Å². The highest BCUT2D eigenvalue weighted by molar-refractivity contribution is 5.97. The van der Waals surface area contributed by atoms with Gasteiger partial charge >= 0.3 is 0 Å². The van der Waals surface area contributed by atoms with Crippen LogP contribution in [0.5, 0.6) is 0 Å². The fourth-order valence-electron chi connectivity index (χ4n) is 1.69. The van der Waals surface area contributed by atoms with Crippen LogP contribution in [0.3, 0.4) is 0 Å². The first-order valence-corrected chi connectivity index (χ1v) is 5.75. The molecule has 0 saturated heterocycles. The zero-order valence-corrected chi connectivity index (χ0v) is 9.86. The van der Waals surface area contributed by atoms with Crippen molar-refractivity contribution in [2.45, 2.75) is 46.6 Å². The lowest BCUT2D eigenvalue weighted by Crippen LogP contribution is -2.10. The topological polar surface area (TPSA) is 34.9 Å². The van der Waals surface area contributed by atoms with E-state index in [1.54, 1.807) is 6.20 Å². The molecule has 1 aromatic rings. The van der Waals surface area contributed by atoms with Crippen LogP contribution in [-0.2, 0) is 6.54 Å². The van der Waals surface area contributed by atoms with E-state index in [9.17, 15) is 4.79 Å². The van der Waals surface area contributed by atoms with E-state index >= 15 is 0 Å². The number of hydrogen-bond acceptors (Lipinski definition) is 2. The second-order valence-corrected chi connectivity index (χ2v) is 4.05. The Labute approximate surface area is 91.5 Å². The molecule has 0 radical (unpaired) electrons. The van der Waals surface area contributed by atoms with Crippen LogP contribution < -0.4 is 0 Å². The summed E-state index contributed by atoms with van der Waals surface area (Å²) in [6, 6.07) is 0. The molecule has 15 heavy (non-hydrogen) atoms. The molecule has 0 aliphatic carbocycles. The molecule has 1 heterocycles. The number of hydrogen-bond donors (Lipinski definition) is 0. The molecule has 0 aromatic carbocycles. The molecule has 84 valence electrons. The van der Waals surface area contributed by atoms with Gasteiger partial charge < -0.3 is 0 Å². The van der Waals surface area contributed by atoms with E-state index < -0.39 is 0 Å². The summed E-state index contributed by atoms with van der Waals surface area (Å²) in [5, 5.41) is 4.17. The molecular weight excluding hydrogens is 188 g/mol. The quantitative estimate of drug-likeness (QED) is 0.674. The largest absolute Gasteiger partial charge is 0.294 e. The first kappa shape index (κ1) is 12.0. The van der Waals surface area contributed by atoms with Crippen molar-refractivity contribution in [3.05, 3.63) is 18.0 Å². The average Bonchev–Trinajstić information content (AvgIpc) is 2.66. The zero-order valence-electron chi connectivity index (χ0n) is 9.86. The Balaban J connectivity index is 2.65. The number of rotatable bonds is 6. The Morgan fingerprint density at radius 1 is 1.47 bits per heavy atom. The number of ketones is 1. The lowest BCUT2D eigenvalue weighted by Gasteiger charge is -2.06. The van der Waals surface area contributed by atoms with Crippen molar-refractivity contribution in [1.29, 1.82) is 0 Å². The van der Waals surface area contributed by atoms with E-state index in [0.29, 0.717) is 0 Å². The second kappa shape index (κ2) is 5.69. The van der Waals surface area contributed by atoms with Crippen LogP contribution in [0, 0.1) is 5.92 Å². The van der Waals surface area contributed by atoms with Crippen LogP contribution >= 0.6 is 0 Å². The van der Waals surface area contributed by atoms with E-state index in [1.807, 2.05) is 17.8 Å². The summed E-state index contributed by atoms with van der Waals surface area (Å²) >= 11 is 0. The van der Waals surface area contributed by atoms with Crippen molar-refractivity contribution < 1.29 is 4.79 Å². The summed E-state index contributed by atoms with van der Waals surface area (Å²) in [5.41, 5.74) is 0.754.